The molecule has 2 aromatic rings. The first-order valence-electron chi connectivity index (χ1n) is 11.9. The van der Waals surface area contributed by atoms with Crippen molar-refractivity contribution in [1.29, 1.82) is 0 Å². The van der Waals surface area contributed by atoms with Crippen LogP contribution in [0.2, 0.25) is 0 Å². The van der Waals surface area contributed by atoms with Crippen molar-refractivity contribution in [1.82, 2.24) is 0 Å². The Morgan fingerprint density at radius 3 is 2.44 bits per heavy atom. The Labute approximate surface area is 192 Å². The predicted molar refractivity (Wildman–Crippen MR) is 128 cm³/mol. The number of rotatable bonds is 8. The van der Waals surface area contributed by atoms with Crippen molar-refractivity contribution in [3.05, 3.63) is 59.2 Å². The van der Waals surface area contributed by atoms with E-state index in [-0.39, 0.29) is 18.1 Å². The van der Waals surface area contributed by atoms with Crippen LogP contribution in [0.25, 0.3) is 0 Å². The third-order valence-electron chi connectivity index (χ3n) is 6.41. The Morgan fingerprint density at radius 2 is 1.78 bits per heavy atom. The summed E-state index contributed by atoms with van der Waals surface area (Å²) < 4.78 is 40.8. The second-order valence-corrected chi connectivity index (χ2v) is 11.1. The lowest BCUT2D eigenvalue weighted by Crippen LogP contribution is -2.34. The number of hydrogen-bond acceptors (Lipinski definition) is 4. The normalized spacial score (nSPS) is 19.3. The Kier molecular flexibility index (Phi) is 7.23. The Bertz CT molecular complexity index is 1010. The molecule has 0 saturated carbocycles. The Balaban J connectivity index is 1.59. The van der Waals surface area contributed by atoms with Crippen LogP contribution in [0.5, 0.6) is 0 Å². The fourth-order valence-corrected chi connectivity index (χ4v) is 6.28. The molecule has 1 aliphatic carbocycles. The van der Waals surface area contributed by atoms with E-state index in [4.69, 9.17) is 9.47 Å². The van der Waals surface area contributed by atoms with Crippen molar-refractivity contribution in [3.8, 4) is 0 Å². The first-order valence-corrected chi connectivity index (χ1v) is 13.3. The Morgan fingerprint density at radius 1 is 1.06 bits per heavy atom. The van der Waals surface area contributed by atoms with Crippen LogP contribution >= 0.6 is 0 Å². The van der Waals surface area contributed by atoms with E-state index < -0.39 is 10.0 Å². The predicted octanol–water partition coefficient (Wildman–Crippen LogP) is 5.28. The molecule has 1 atom stereocenters. The summed E-state index contributed by atoms with van der Waals surface area (Å²) in [6, 6.07) is 13.5. The number of sulfonamides is 1. The van der Waals surface area contributed by atoms with E-state index >= 15 is 0 Å². The average Bonchev–Trinajstić information content (AvgIpc) is 3.20. The molecule has 1 aliphatic heterocycles. The Hall–Kier alpha value is -1.89. The second-order valence-electron chi connectivity index (χ2n) is 9.29. The van der Waals surface area contributed by atoms with Crippen LogP contribution < -0.4 is 4.31 Å². The third-order valence-corrected chi connectivity index (χ3v) is 8.20. The zero-order valence-electron chi connectivity index (χ0n) is 19.4. The lowest BCUT2D eigenvalue weighted by molar-refractivity contribution is -0.0688. The van der Waals surface area contributed by atoms with Crippen LogP contribution in [0.4, 0.5) is 5.69 Å². The van der Waals surface area contributed by atoms with Crippen LogP contribution in [-0.2, 0) is 32.3 Å². The van der Waals surface area contributed by atoms with Gasteiger partial charge in [-0.15, -0.1) is 0 Å². The first kappa shape index (κ1) is 23.3. The summed E-state index contributed by atoms with van der Waals surface area (Å²) in [7, 11) is -3.66. The van der Waals surface area contributed by atoms with Crippen LogP contribution in [0, 0.1) is 5.92 Å². The molecule has 1 saturated heterocycles. The first-order chi connectivity index (χ1) is 15.4. The third kappa shape index (κ3) is 5.03. The fourth-order valence-electron chi connectivity index (χ4n) is 4.60. The van der Waals surface area contributed by atoms with Gasteiger partial charge in [-0.25, -0.2) is 8.42 Å². The highest BCUT2D eigenvalue weighted by molar-refractivity contribution is 7.92. The van der Waals surface area contributed by atoms with E-state index in [2.05, 4.69) is 6.92 Å². The number of fused-ring (bicyclic) bond motifs is 1. The van der Waals surface area contributed by atoms with Gasteiger partial charge in [0.1, 0.15) is 0 Å². The van der Waals surface area contributed by atoms with Gasteiger partial charge in [-0.3, -0.25) is 4.31 Å². The molecule has 0 spiro atoms. The van der Waals surface area contributed by atoms with Crippen molar-refractivity contribution in [2.75, 3.05) is 24.1 Å². The SMILES string of the molecule is CCc1ccc(N(CC(C)C)S(=O)(=O)c2ccc3c(c2)CCC3OC2CCOCC2)cc1. The molecule has 1 heterocycles. The molecule has 2 aliphatic rings. The topological polar surface area (TPSA) is 55.8 Å². The van der Waals surface area contributed by atoms with Gasteiger partial charge in [-0.1, -0.05) is 39.0 Å². The van der Waals surface area contributed by atoms with Crippen molar-refractivity contribution in [3.63, 3.8) is 0 Å². The standard InChI is InChI=1S/C26H35NO4S/c1-4-20-5-8-22(9-6-20)27(18-19(2)3)32(28,29)24-10-11-25-21(17-24)7-12-26(25)31-23-13-15-30-16-14-23/h5-6,8-11,17,19,23,26H,4,7,12-16,18H2,1-3H3. The minimum atomic E-state index is -3.66. The number of hydrogen-bond donors (Lipinski definition) is 0. The van der Waals surface area contributed by atoms with Gasteiger partial charge in [0, 0.05) is 19.8 Å². The molecule has 0 aromatic heterocycles. The van der Waals surface area contributed by atoms with Crippen molar-refractivity contribution < 1.29 is 17.9 Å². The lowest BCUT2D eigenvalue weighted by Gasteiger charge is -2.27. The monoisotopic (exact) mass is 457 g/mol. The maximum Gasteiger partial charge on any atom is 0.264 e. The highest BCUT2D eigenvalue weighted by Gasteiger charge is 2.31. The molecule has 174 valence electrons. The molecule has 32 heavy (non-hydrogen) atoms. The van der Waals surface area contributed by atoms with E-state index in [0.29, 0.717) is 11.4 Å². The number of nitrogens with zero attached hydrogens (tertiary/aromatic N) is 1. The van der Waals surface area contributed by atoms with E-state index in [9.17, 15) is 8.42 Å². The number of ether oxygens (including phenoxy) is 2. The molecule has 6 heteroatoms. The number of aryl methyl sites for hydroxylation is 2. The minimum Gasteiger partial charge on any atom is -0.381 e. The molecule has 1 unspecified atom stereocenters. The van der Waals surface area contributed by atoms with Gasteiger partial charge < -0.3 is 9.47 Å². The van der Waals surface area contributed by atoms with E-state index in [1.54, 1.807) is 10.4 Å². The maximum atomic E-state index is 13.7. The molecular formula is C26H35NO4S. The summed E-state index contributed by atoms with van der Waals surface area (Å²) in [4.78, 5) is 0.364. The summed E-state index contributed by atoms with van der Waals surface area (Å²) >= 11 is 0. The average molecular weight is 458 g/mol. The van der Waals surface area contributed by atoms with Crippen molar-refractivity contribution in [2.45, 2.75) is 70.0 Å². The van der Waals surface area contributed by atoms with Gasteiger partial charge in [0.2, 0.25) is 0 Å². The molecule has 4 rings (SSSR count). The zero-order chi connectivity index (χ0) is 22.7. The van der Waals surface area contributed by atoms with Crippen molar-refractivity contribution in [2.24, 2.45) is 5.92 Å². The molecule has 1 fully saturated rings. The molecule has 0 radical (unpaired) electrons. The molecule has 5 nitrogen and oxygen atoms in total. The molecule has 0 amide bonds. The number of anilines is 1. The largest absolute Gasteiger partial charge is 0.381 e. The smallest absolute Gasteiger partial charge is 0.264 e. The van der Waals surface area contributed by atoms with Gasteiger partial charge in [-0.05, 0) is 79.0 Å². The van der Waals surface area contributed by atoms with Crippen LogP contribution in [-0.4, -0.2) is 34.3 Å². The second kappa shape index (κ2) is 9.94. The van der Waals surface area contributed by atoms with Crippen LogP contribution in [0.1, 0.15) is 62.8 Å². The zero-order valence-corrected chi connectivity index (χ0v) is 20.2. The number of benzene rings is 2. The summed E-state index contributed by atoms with van der Waals surface area (Å²) in [5.41, 5.74) is 4.15. The van der Waals surface area contributed by atoms with Crippen molar-refractivity contribution >= 4 is 15.7 Å². The molecular weight excluding hydrogens is 422 g/mol. The van der Waals surface area contributed by atoms with Gasteiger partial charge in [0.05, 0.1) is 22.8 Å². The van der Waals surface area contributed by atoms with Gasteiger partial charge >= 0.3 is 0 Å². The van der Waals surface area contributed by atoms with E-state index in [0.717, 1.165) is 62.1 Å². The van der Waals surface area contributed by atoms with Gasteiger partial charge in [0.25, 0.3) is 10.0 Å². The maximum absolute atomic E-state index is 13.7. The quantitative estimate of drug-likeness (QED) is 0.541. The van der Waals surface area contributed by atoms with E-state index in [1.165, 1.54) is 5.56 Å². The lowest BCUT2D eigenvalue weighted by atomic mass is 10.1. The van der Waals surface area contributed by atoms with Crippen LogP contribution in [0.15, 0.2) is 47.4 Å². The van der Waals surface area contributed by atoms with E-state index in [1.807, 2.05) is 50.2 Å². The molecule has 0 N–H and O–H groups in total. The fraction of sp³-hybridized carbons (Fsp3) is 0.538. The summed E-state index contributed by atoms with van der Waals surface area (Å²) in [6.45, 7) is 8.15. The highest BCUT2D eigenvalue weighted by Crippen LogP contribution is 2.38. The summed E-state index contributed by atoms with van der Waals surface area (Å²) in [6.07, 6.45) is 4.83. The molecule has 0 bridgehead atoms. The van der Waals surface area contributed by atoms with Gasteiger partial charge in [-0.2, -0.15) is 0 Å². The van der Waals surface area contributed by atoms with Gasteiger partial charge in [0.15, 0.2) is 0 Å². The summed E-state index contributed by atoms with van der Waals surface area (Å²) in [5.74, 6) is 0.210. The van der Waals surface area contributed by atoms with Crippen LogP contribution in [0.3, 0.4) is 0 Å². The minimum absolute atomic E-state index is 0.0539. The molecule has 2 aromatic carbocycles. The summed E-state index contributed by atoms with van der Waals surface area (Å²) in [5, 5.41) is 0. The highest BCUT2D eigenvalue weighted by atomic mass is 32.2.